The molecular weight excluding hydrogens is 682 g/mol. The summed E-state index contributed by atoms with van der Waals surface area (Å²) < 4.78 is 15.8. The quantitative estimate of drug-likeness (QED) is 0.0503. The fraction of sp³-hybridized carbons (Fsp3) is 0.105. The van der Waals surface area contributed by atoms with E-state index in [4.69, 9.17) is 19.4 Å². The van der Waals surface area contributed by atoms with Gasteiger partial charge in [-0.05, 0) is 67.6 Å². The molecule has 0 atom stereocenters. The third kappa shape index (κ3) is 11.1. The number of aromatic nitrogens is 4. The molecule has 2 heterocycles. The second-order valence-electron chi connectivity index (χ2n) is 11.0. The van der Waals surface area contributed by atoms with Crippen LogP contribution >= 0.6 is 0 Å². The van der Waals surface area contributed by atoms with Crippen molar-refractivity contribution in [2.24, 2.45) is 0 Å². The Morgan fingerprint density at radius 1 is 0.623 bits per heavy atom. The average molecular weight is 718 g/mol. The van der Waals surface area contributed by atoms with Crippen molar-refractivity contribution in [2.75, 3.05) is 30.5 Å². The summed E-state index contributed by atoms with van der Waals surface area (Å²) in [4.78, 5) is 47.2. The van der Waals surface area contributed by atoms with Crippen LogP contribution in [0.15, 0.2) is 121 Å². The Bertz CT molecular complexity index is 2130. The van der Waals surface area contributed by atoms with Gasteiger partial charge in [-0.25, -0.2) is 10.3 Å². The summed E-state index contributed by atoms with van der Waals surface area (Å²) in [5.74, 6) is -0.476. The van der Waals surface area contributed by atoms with Gasteiger partial charge in [-0.15, -0.1) is 0 Å². The lowest BCUT2D eigenvalue weighted by atomic mass is 10.1. The molecule has 270 valence electrons. The van der Waals surface area contributed by atoms with E-state index >= 15 is 0 Å². The zero-order chi connectivity index (χ0) is 37.4. The van der Waals surface area contributed by atoms with Gasteiger partial charge >= 0.3 is 5.97 Å². The number of carbonyl (C=O) groups is 4. The SMILES string of the molecule is CCOC(=O)c1cc(-c2cccc(NC(=O)COc3ccccc3)c2)n[nH]1.O=C(COc1ccccc1)Nc1cccc(-c2cc(C(=O)NO)[nH]n2)c1. The number of hydrogen-bond donors (Lipinski definition) is 6. The minimum absolute atomic E-state index is 0.0936. The number of nitrogens with zero attached hydrogens (tertiary/aromatic N) is 2. The van der Waals surface area contributed by atoms with E-state index in [1.165, 1.54) is 11.5 Å². The average Bonchev–Trinajstić information content (AvgIpc) is 3.89. The van der Waals surface area contributed by atoms with Crippen molar-refractivity contribution in [3.63, 3.8) is 0 Å². The zero-order valence-corrected chi connectivity index (χ0v) is 28.4. The van der Waals surface area contributed by atoms with E-state index in [0.29, 0.717) is 46.4 Å². The van der Waals surface area contributed by atoms with Crippen molar-refractivity contribution in [1.29, 1.82) is 0 Å². The van der Waals surface area contributed by atoms with Crippen molar-refractivity contribution in [3.8, 4) is 34.0 Å². The van der Waals surface area contributed by atoms with Crippen LogP contribution in [-0.4, -0.2) is 69.1 Å². The Labute approximate surface area is 303 Å². The Kier molecular flexibility index (Phi) is 13.0. The van der Waals surface area contributed by atoms with Gasteiger partial charge in [-0.3, -0.25) is 29.8 Å². The number of H-pyrrole nitrogens is 2. The maximum atomic E-state index is 12.1. The number of nitrogens with one attached hydrogen (secondary N) is 5. The van der Waals surface area contributed by atoms with E-state index in [2.05, 4.69) is 31.0 Å². The molecule has 2 aromatic heterocycles. The molecule has 6 N–H and O–H groups in total. The Hall–Kier alpha value is -7.26. The number of esters is 1. The van der Waals surface area contributed by atoms with Gasteiger partial charge in [0, 0.05) is 22.5 Å². The summed E-state index contributed by atoms with van der Waals surface area (Å²) in [7, 11) is 0. The third-order valence-corrected chi connectivity index (χ3v) is 7.11. The fourth-order valence-electron chi connectivity index (χ4n) is 4.67. The van der Waals surface area contributed by atoms with Crippen LogP contribution in [0.1, 0.15) is 27.9 Å². The first-order valence-corrected chi connectivity index (χ1v) is 16.2. The van der Waals surface area contributed by atoms with Crippen molar-refractivity contribution in [3.05, 3.63) is 133 Å². The molecule has 0 fully saturated rings. The molecule has 0 saturated carbocycles. The topological polar surface area (TPSA) is 210 Å². The number of amides is 3. The predicted octanol–water partition coefficient (Wildman–Crippen LogP) is 5.48. The molecule has 3 amide bonds. The largest absolute Gasteiger partial charge is 0.484 e. The summed E-state index contributed by atoms with van der Waals surface area (Å²) in [5.41, 5.74) is 5.63. The van der Waals surface area contributed by atoms with Crippen LogP contribution in [0.2, 0.25) is 0 Å². The van der Waals surface area contributed by atoms with E-state index in [1.807, 2.05) is 42.5 Å². The normalized spacial score (nSPS) is 10.2. The molecule has 4 aromatic carbocycles. The molecule has 0 bridgehead atoms. The van der Waals surface area contributed by atoms with E-state index in [-0.39, 0.29) is 36.4 Å². The number of hydroxylamine groups is 1. The second-order valence-corrected chi connectivity index (χ2v) is 11.0. The van der Waals surface area contributed by atoms with Gasteiger partial charge < -0.3 is 24.8 Å². The lowest BCUT2D eigenvalue weighted by Crippen LogP contribution is -2.20. The molecule has 0 saturated heterocycles. The van der Waals surface area contributed by atoms with Gasteiger partial charge in [0.15, 0.2) is 13.2 Å². The highest BCUT2D eigenvalue weighted by Crippen LogP contribution is 2.23. The van der Waals surface area contributed by atoms with E-state index in [1.54, 1.807) is 79.7 Å². The maximum absolute atomic E-state index is 12.1. The first-order valence-electron chi connectivity index (χ1n) is 16.2. The van der Waals surface area contributed by atoms with Gasteiger partial charge in [0.25, 0.3) is 17.7 Å². The number of rotatable bonds is 13. The molecule has 6 aromatic rings. The van der Waals surface area contributed by atoms with Gasteiger partial charge in [0.1, 0.15) is 22.9 Å². The van der Waals surface area contributed by atoms with Crippen molar-refractivity contribution < 1.29 is 38.6 Å². The highest BCUT2D eigenvalue weighted by atomic mass is 16.5. The standard InChI is InChI=1S/C20H19N3O4.C18H16N4O4/c1-2-26-20(25)18-12-17(22-23-18)14-7-6-8-15(11-14)21-19(24)13-27-16-9-4-3-5-10-16;23-17(11-26-14-7-2-1-3-8-14)19-13-6-4-5-12(9-13)15-10-16(21-20-15)18(24)22-25/h3-12H,2,13H2,1H3,(H,21,24)(H,22,23);1-10,25H,11H2,(H,19,23)(H,20,21)(H,22,24). The van der Waals surface area contributed by atoms with Crippen LogP contribution in [0.4, 0.5) is 11.4 Å². The van der Waals surface area contributed by atoms with Crippen molar-refractivity contribution in [2.45, 2.75) is 6.92 Å². The predicted molar refractivity (Wildman–Crippen MR) is 194 cm³/mol. The molecule has 53 heavy (non-hydrogen) atoms. The number of hydrogen-bond acceptors (Lipinski definition) is 10. The van der Waals surface area contributed by atoms with E-state index in [9.17, 15) is 19.2 Å². The minimum atomic E-state index is -0.689. The molecule has 0 aliphatic heterocycles. The van der Waals surface area contributed by atoms with Gasteiger partial charge in [0.05, 0.1) is 18.0 Å². The molecule has 0 aliphatic rings. The van der Waals surface area contributed by atoms with Crippen molar-refractivity contribution in [1.82, 2.24) is 25.9 Å². The molecule has 0 unspecified atom stereocenters. The highest BCUT2D eigenvalue weighted by molar-refractivity contribution is 5.94. The van der Waals surface area contributed by atoms with Crippen LogP contribution in [0, 0.1) is 0 Å². The first kappa shape index (κ1) is 37.0. The van der Waals surface area contributed by atoms with Gasteiger partial charge in [0.2, 0.25) is 0 Å². The summed E-state index contributed by atoms with van der Waals surface area (Å²) in [6.07, 6.45) is 0. The Morgan fingerprint density at radius 3 is 1.57 bits per heavy atom. The van der Waals surface area contributed by atoms with Crippen LogP contribution < -0.4 is 25.6 Å². The molecule has 15 nitrogen and oxygen atoms in total. The minimum Gasteiger partial charge on any atom is -0.484 e. The molecule has 6 rings (SSSR count). The molecule has 0 radical (unpaired) electrons. The molecule has 15 heteroatoms. The summed E-state index contributed by atoms with van der Waals surface area (Å²) >= 11 is 0. The number of para-hydroxylation sites is 2. The Balaban J connectivity index is 0.000000204. The Morgan fingerprint density at radius 2 is 1.09 bits per heavy atom. The fourth-order valence-corrected chi connectivity index (χ4v) is 4.67. The van der Waals surface area contributed by atoms with Crippen LogP contribution in [0.3, 0.4) is 0 Å². The number of aromatic amines is 2. The van der Waals surface area contributed by atoms with Gasteiger partial charge in [-0.1, -0.05) is 60.7 Å². The molecule has 0 aliphatic carbocycles. The summed E-state index contributed by atoms with van der Waals surface area (Å²) in [6, 6.07) is 35.4. The second kappa shape index (κ2) is 18.7. The van der Waals surface area contributed by atoms with Crippen LogP contribution in [-0.2, 0) is 14.3 Å². The number of anilines is 2. The number of benzene rings is 4. The van der Waals surface area contributed by atoms with Crippen LogP contribution in [0.25, 0.3) is 22.5 Å². The zero-order valence-electron chi connectivity index (χ0n) is 28.4. The highest BCUT2D eigenvalue weighted by Gasteiger charge is 2.14. The van der Waals surface area contributed by atoms with E-state index in [0.717, 1.165) is 5.56 Å². The smallest absolute Gasteiger partial charge is 0.356 e. The van der Waals surface area contributed by atoms with E-state index < -0.39 is 11.9 Å². The van der Waals surface area contributed by atoms with Crippen LogP contribution in [0.5, 0.6) is 11.5 Å². The van der Waals surface area contributed by atoms with Gasteiger partial charge in [-0.2, -0.15) is 10.2 Å². The molecular formula is C38H35N7O8. The maximum Gasteiger partial charge on any atom is 0.356 e. The number of carbonyl (C=O) groups excluding carboxylic acids is 4. The lowest BCUT2D eigenvalue weighted by molar-refractivity contribution is -0.118. The lowest BCUT2D eigenvalue weighted by Gasteiger charge is -2.08. The number of ether oxygens (including phenoxy) is 3. The molecule has 0 spiro atoms. The summed E-state index contributed by atoms with van der Waals surface area (Å²) in [5, 5.41) is 27.5. The van der Waals surface area contributed by atoms with Crippen molar-refractivity contribution >= 4 is 35.1 Å². The monoisotopic (exact) mass is 717 g/mol. The first-order chi connectivity index (χ1) is 25.8. The summed E-state index contributed by atoms with van der Waals surface area (Å²) in [6.45, 7) is 1.82. The third-order valence-electron chi connectivity index (χ3n) is 7.11.